The predicted molar refractivity (Wildman–Crippen MR) is 69.9 cm³/mol. The first-order valence-electron chi connectivity index (χ1n) is 5.31. The number of hydrogen-bond donors (Lipinski definition) is 1. The van der Waals surface area contributed by atoms with Gasteiger partial charge in [-0.05, 0) is 43.3 Å². The van der Waals surface area contributed by atoms with Crippen LogP contribution < -0.4 is 5.32 Å². The molecule has 1 rings (SSSR count). The summed E-state index contributed by atoms with van der Waals surface area (Å²) in [6.07, 6.45) is 0. The summed E-state index contributed by atoms with van der Waals surface area (Å²) in [4.78, 5) is 1.29. The lowest BCUT2D eigenvalue weighted by atomic mass is 10.2. The first kappa shape index (κ1) is 12.9. The van der Waals surface area contributed by atoms with Gasteiger partial charge in [-0.25, -0.2) is 0 Å². The third kappa shape index (κ3) is 5.45. The van der Waals surface area contributed by atoms with Crippen LogP contribution in [0.4, 0.5) is 0 Å². The number of halogens is 1. The Labute approximate surface area is 102 Å². The lowest BCUT2D eigenvalue weighted by Gasteiger charge is -2.11. The maximum atomic E-state index is 5.82. The van der Waals surface area contributed by atoms with Crippen LogP contribution in [0.25, 0.3) is 0 Å². The molecule has 0 spiro atoms. The molecule has 0 fully saturated rings. The van der Waals surface area contributed by atoms with Gasteiger partial charge in [0.05, 0.1) is 0 Å². The van der Waals surface area contributed by atoms with Gasteiger partial charge in [-0.15, -0.1) is 11.8 Å². The molecule has 0 bridgehead atoms. The van der Waals surface area contributed by atoms with Crippen molar-refractivity contribution >= 4 is 23.4 Å². The first-order valence-corrected chi connectivity index (χ1v) is 6.67. The molecular weight excluding hydrogens is 226 g/mol. The molecule has 0 aromatic heterocycles. The zero-order valence-corrected chi connectivity index (χ0v) is 10.9. The van der Waals surface area contributed by atoms with E-state index in [1.165, 1.54) is 4.90 Å². The number of benzene rings is 1. The molecule has 0 radical (unpaired) electrons. The fourth-order valence-electron chi connectivity index (χ4n) is 1.22. The van der Waals surface area contributed by atoms with Crippen molar-refractivity contribution in [3.05, 3.63) is 29.3 Å². The van der Waals surface area contributed by atoms with E-state index in [9.17, 15) is 0 Å². The van der Waals surface area contributed by atoms with Crippen molar-refractivity contribution in [2.24, 2.45) is 5.92 Å². The third-order valence-electron chi connectivity index (χ3n) is 2.09. The molecule has 1 atom stereocenters. The average molecular weight is 244 g/mol. The van der Waals surface area contributed by atoms with Gasteiger partial charge < -0.3 is 5.32 Å². The Hall–Kier alpha value is -0.180. The van der Waals surface area contributed by atoms with Crippen LogP contribution in [-0.4, -0.2) is 18.8 Å². The standard InChI is InChI=1S/C12H18ClNS/c1-3-14-8-10(2)9-15-12-6-4-11(13)5-7-12/h4-7,10,14H,3,8-9H2,1-2H3. The summed E-state index contributed by atoms with van der Waals surface area (Å²) in [7, 11) is 0. The van der Waals surface area contributed by atoms with E-state index in [4.69, 9.17) is 11.6 Å². The molecule has 15 heavy (non-hydrogen) atoms. The minimum atomic E-state index is 0.700. The lowest BCUT2D eigenvalue weighted by molar-refractivity contribution is 0.574. The van der Waals surface area contributed by atoms with Crippen LogP contribution in [-0.2, 0) is 0 Å². The molecule has 0 saturated heterocycles. The zero-order valence-electron chi connectivity index (χ0n) is 9.29. The average Bonchev–Trinajstić information content (AvgIpc) is 2.25. The quantitative estimate of drug-likeness (QED) is 0.765. The topological polar surface area (TPSA) is 12.0 Å². The smallest absolute Gasteiger partial charge is 0.0406 e. The summed E-state index contributed by atoms with van der Waals surface area (Å²) >= 11 is 7.71. The van der Waals surface area contributed by atoms with Crippen LogP contribution >= 0.6 is 23.4 Å². The molecule has 0 aliphatic rings. The molecular formula is C12H18ClNS. The molecule has 1 aromatic rings. The number of rotatable bonds is 6. The van der Waals surface area contributed by atoms with Gasteiger partial charge in [-0.3, -0.25) is 0 Å². The largest absolute Gasteiger partial charge is 0.317 e. The van der Waals surface area contributed by atoms with Crippen molar-refractivity contribution in [2.45, 2.75) is 18.7 Å². The Kier molecular flexibility index (Phi) is 6.15. The maximum Gasteiger partial charge on any atom is 0.0406 e. The van der Waals surface area contributed by atoms with Gasteiger partial charge in [0.2, 0.25) is 0 Å². The van der Waals surface area contributed by atoms with E-state index < -0.39 is 0 Å². The van der Waals surface area contributed by atoms with Gasteiger partial charge in [0.25, 0.3) is 0 Å². The minimum absolute atomic E-state index is 0.700. The van der Waals surface area contributed by atoms with Gasteiger partial charge in [-0.1, -0.05) is 25.4 Å². The third-order valence-corrected chi connectivity index (χ3v) is 3.68. The van der Waals surface area contributed by atoms with E-state index in [1.54, 1.807) is 0 Å². The van der Waals surface area contributed by atoms with Crippen molar-refractivity contribution in [1.82, 2.24) is 5.32 Å². The monoisotopic (exact) mass is 243 g/mol. The highest BCUT2D eigenvalue weighted by Crippen LogP contribution is 2.22. The van der Waals surface area contributed by atoms with E-state index in [0.29, 0.717) is 5.92 Å². The van der Waals surface area contributed by atoms with E-state index in [-0.39, 0.29) is 0 Å². The van der Waals surface area contributed by atoms with Gasteiger partial charge in [0.1, 0.15) is 0 Å². The molecule has 0 heterocycles. The normalized spacial score (nSPS) is 12.7. The Morgan fingerprint density at radius 2 is 2.00 bits per heavy atom. The Bertz CT molecular complexity index is 273. The highest BCUT2D eigenvalue weighted by Gasteiger charge is 2.02. The summed E-state index contributed by atoms with van der Waals surface area (Å²) in [5.41, 5.74) is 0. The van der Waals surface area contributed by atoms with Crippen LogP contribution in [0.5, 0.6) is 0 Å². The molecule has 1 nitrogen and oxygen atoms in total. The molecule has 1 N–H and O–H groups in total. The summed E-state index contributed by atoms with van der Waals surface area (Å²) in [5, 5.41) is 4.16. The second-order valence-corrected chi connectivity index (χ2v) is 5.21. The molecule has 1 aromatic carbocycles. The van der Waals surface area contributed by atoms with E-state index in [0.717, 1.165) is 23.9 Å². The van der Waals surface area contributed by atoms with Crippen molar-refractivity contribution in [3.8, 4) is 0 Å². The number of thioether (sulfide) groups is 1. The molecule has 3 heteroatoms. The van der Waals surface area contributed by atoms with Crippen LogP contribution in [0.3, 0.4) is 0 Å². The highest BCUT2D eigenvalue weighted by molar-refractivity contribution is 7.99. The minimum Gasteiger partial charge on any atom is -0.317 e. The Balaban J connectivity index is 2.27. The van der Waals surface area contributed by atoms with Gasteiger partial charge in [-0.2, -0.15) is 0 Å². The van der Waals surface area contributed by atoms with Crippen LogP contribution in [0.1, 0.15) is 13.8 Å². The van der Waals surface area contributed by atoms with Crippen molar-refractivity contribution < 1.29 is 0 Å². The summed E-state index contributed by atoms with van der Waals surface area (Å²) < 4.78 is 0. The summed E-state index contributed by atoms with van der Waals surface area (Å²) in [5.74, 6) is 1.85. The fraction of sp³-hybridized carbons (Fsp3) is 0.500. The molecule has 84 valence electrons. The van der Waals surface area contributed by atoms with Gasteiger partial charge >= 0.3 is 0 Å². The van der Waals surface area contributed by atoms with Gasteiger partial charge in [0, 0.05) is 15.7 Å². The van der Waals surface area contributed by atoms with E-state index in [1.807, 2.05) is 23.9 Å². The van der Waals surface area contributed by atoms with E-state index >= 15 is 0 Å². The molecule has 0 amide bonds. The molecule has 0 aliphatic heterocycles. The number of nitrogens with one attached hydrogen (secondary N) is 1. The SMILES string of the molecule is CCNCC(C)CSc1ccc(Cl)cc1. The second-order valence-electron chi connectivity index (χ2n) is 3.68. The fourth-order valence-corrected chi connectivity index (χ4v) is 2.27. The lowest BCUT2D eigenvalue weighted by Crippen LogP contribution is -2.21. The highest BCUT2D eigenvalue weighted by atomic mass is 35.5. The zero-order chi connectivity index (χ0) is 11.1. The van der Waals surface area contributed by atoms with Crippen LogP contribution in [0.15, 0.2) is 29.2 Å². The first-order chi connectivity index (χ1) is 7.22. The molecule has 0 aliphatic carbocycles. The molecule has 1 unspecified atom stereocenters. The Morgan fingerprint density at radius 3 is 2.60 bits per heavy atom. The maximum absolute atomic E-state index is 5.82. The van der Waals surface area contributed by atoms with Crippen molar-refractivity contribution in [1.29, 1.82) is 0 Å². The van der Waals surface area contributed by atoms with Crippen LogP contribution in [0, 0.1) is 5.92 Å². The summed E-state index contributed by atoms with van der Waals surface area (Å²) in [6.45, 7) is 6.55. The Morgan fingerprint density at radius 1 is 1.33 bits per heavy atom. The van der Waals surface area contributed by atoms with E-state index in [2.05, 4.69) is 31.3 Å². The van der Waals surface area contributed by atoms with Crippen LogP contribution in [0.2, 0.25) is 5.02 Å². The predicted octanol–water partition coefficient (Wildman–Crippen LogP) is 3.68. The molecule has 0 saturated carbocycles. The van der Waals surface area contributed by atoms with Gasteiger partial charge in [0.15, 0.2) is 0 Å². The van der Waals surface area contributed by atoms with Crippen molar-refractivity contribution in [3.63, 3.8) is 0 Å². The van der Waals surface area contributed by atoms with Crippen molar-refractivity contribution in [2.75, 3.05) is 18.8 Å². The number of hydrogen-bond acceptors (Lipinski definition) is 2. The second kappa shape index (κ2) is 7.15. The summed E-state index contributed by atoms with van der Waals surface area (Å²) in [6, 6.07) is 8.04.